The molecule has 2 heterocycles. The van der Waals surface area contributed by atoms with Crippen LogP contribution >= 0.6 is 11.6 Å². The number of halogens is 1. The van der Waals surface area contributed by atoms with Gasteiger partial charge in [0, 0.05) is 12.4 Å². The number of alkyl halides is 1. The van der Waals surface area contributed by atoms with Gasteiger partial charge in [-0.15, -0.1) is 11.6 Å². The van der Waals surface area contributed by atoms with E-state index in [1.54, 1.807) is 18.2 Å². The van der Waals surface area contributed by atoms with E-state index in [9.17, 15) is 8.42 Å². The second-order valence-electron chi connectivity index (χ2n) is 4.81. The zero-order chi connectivity index (χ0) is 15.1. The minimum absolute atomic E-state index is 0.0788. The third-order valence-corrected chi connectivity index (χ3v) is 5.74. The minimum atomic E-state index is -3.63. The summed E-state index contributed by atoms with van der Waals surface area (Å²) >= 11 is 5.73. The molecule has 3 rings (SSSR count). The van der Waals surface area contributed by atoms with Gasteiger partial charge in [0.2, 0.25) is 15.8 Å². The third kappa shape index (κ3) is 2.24. The van der Waals surface area contributed by atoms with Gasteiger partial charge in [-0.3, -0.25) is 0 Å². The molecule has 21 heavy (non-hydrogen) atoms. The van der Waals surface area contributed by atoms with Crippen LogP contribution in [0.2, 0.25) is 0 Å². The van der Waals surface area contributed by atoms with Crippen molar-refractivity contribution < 1.29 is 22.6 Å². The fourth-order valence-corrected chi connectivity index (χ4v) is 4.81. The van der Waals surface area contributed by atoms with Crippen molar-refractivity contribution in [1.82, 2.24) is 4.31 Å². The molecular weight excluding hydrogens is 318 g/mol. The molecule has 0 saturated carbocycles. The number of benzene rings is 1. The lowest BCUT2D eigenvalue weighted by Gasteiger charge is -2.39. The normalized spacial score (nSPS) is 23.1. The molecule has 0 amide bonds. The molecule has 116 valence electrons. The molecule has 1 aromatic rings. The Balaban J connectivity index is 2.24. The monoisotopic (exact) mass is 333 g/mol. The summed E-state index contributed by atoms with van der Waals surface area (Å²) in [6.45, 7) is 1.10. The summed E-state index contributed by atoms with van der Waals surface area (Å²) in [5.74, 6) is -0.461. The average molecular weight is 334 g/mol. The molecule has 2 aliphatic rings. The summed E-state index contributed by atoms with van der Waals surface area (Å²) in [5, 5.41) is 0. The predicted molar refractivity (Wildman–Crippen MR) is 76.1 cm³/mol. The Bertz CT molecular complexity index is 642. The molecule has 0 radical (unpaired) electrons. The highest BCUT2D eigenvalue weighted by atomic mass is 35.5. The van der Waals surface area contributed by atoms with Crippen molar-refractivity contribution in [2.24, 2.45) is 0 Å². The first kappa shape index (κ1) is 15.1. The second kappa shape index (κ2) is 5.40. The molecular formula is C13H16ClNO5S. The lowest BCUT2D eigenvalue weighted by atomic mass is 10.0. The van der Waals surface area contributed by atoms with E-state index in [4.69, 9.17) is 25.8 Å². The highest BCUT2D eigenvalue weighted by Gasteiger charge is 2.52. The molecule has 0 bridgehead atoms. The lowest BCUT2D eigenvalue weighted by Crippen LogP contribution is -2.50. The maximum Gasteiger partial charge on any atom is 0.243 e. The third-order valence-electron chi connectivity index (χ3n) is 3.68. The van der Waals surface area contributed by atoms with E-state index in [0.29, 0.717) is 24.5 Å². The Labute approximate surface area is 128 Å². The highest BCUT2D eigenvalue weighted by Crippen LogP contribution is 2.46. The Morgan fingerprint density at radius 3 is 2.71 bits per heavy atom. The molecule has 0 N–H and O–H groups in total. The standard InChI is InChI=1S/C13H16ClNO5S/c1-18-10-3-2-4-11-12(10)13(19-7-8-20-13)9-15(6-5-14)21(11,16)17/h2-4H,5-9H2,1H3. The number of hydrogen-bond acceptors (Lipinski definition) is 5. The summed E-state index contributed by atoms with van der Waals surface area (Å²) in [4.78, 5) is 0.153. The molecule has 6 nitrogen and oxygen atoms in total. The van der Waals surface area contributed by atoms with Crippen molar-refractivity contribution in [3.63, 3.8) is 0 Å². The first-order valence-electron chi connectivity index (χ1n) is 6.57. The van der Waals surface area contributed by atoms with E-state index in [1.165, 1.54) is 11.4 Å². The maximum atomic E-state index is 12.7. The number of rotatable bonds is 3. The van der Waals surface area contributed by atoms with Crippen molar-refractivity contribution in [1.29, 1.82) is 0 Å². The summed E-state index contributed by atoms with van der Waals surface area (Å²) in [6, 6.07) is 4.89. The van der Waals surface area contributed by atoms with Crippen LogP contribution in [0.15, 0.2) is 23.1 Å². The van der Waals surface area contributed by atoms with Gasteiger partial charge in [-0.1, -0.05) is 6.07 Å². The van der Waals surface area contributed by atoms with Crippen molar-refractivity contribution >= 4 is 21.6 Å². The number of fused-ring (bicyclic) bond motifs is 2. The zero-order valence-electron chi connectivity index (χ0n) is 11.5. The van der Waals surface area contributed by atoms with Gasteiger partial charge in [-0.05, 0) is 12.1 Å². The Morgan fingerprint density at radius 1 is 1.38 bits per heavy atom. The number of nitrogens with zero attached hydrogens (tertiary/aromatic N) is 1. The first-order valence-corrected chi connectivity index (χ1v) is 8.54. The van der Waals surface area contributed by atoms with Crippen molar-refractivity contribution in [2.75, 3.05) is 39.3 Å². The van der Waals surface area contributed by atoms with Crippen LogP contribution < -0.4 is 4.74 Å². The van der Waals surface area contributed by atoms with E-state index in [2.05, 4.69) is 0 Å². The molecule has 0 atom stereocenters. The zero-order valence-corrected chi connectivity index (χ0v) is 13.1. The summed E-state index contributed by atoms with van der Waals surface area (Å²) in [7, 11) is -2.14. The highest BCUT2D eigenvalue weighted by molar-refractivity contribution is 7.89. The summed E-state index contributed by atoms with van der Waals surface area (Å²) < 4.78 is 43.6. The van der Waals surface area contributed by atoms with Gasteiger partial charge < -0.3 is 14.2 Å². The van der Waals surface area contributed by atoms with Crippen molar-refractivity contribution in [2.45, 2.75) is 10.7 Å². The molecule has 1 saturated heterocycles. The maximum absolute atomic E-state index is 12.7. The van der Waals surface area contributed by atoms with Crippen LogP contribution in [0.5, 0.6) is 5.75 Å². The molecule has 8 heteroatoms. The van der Waals surface area contributed by atoms with Crippen LogP contribution in [0.4, 0.5) is 0 Å². The second-order valence-corrected chi connectivity index (χ2v) is 7.10. The molecule has 0 unspecified atom stereocenters. The minimum Gasteiger partial charge on any atom is -0.496 e. The van der Waals surface area contributed by atoms with Gasteiger partial charge in [-0.25, -0.2) is 8.42 Å². The quantitative estimate of drug-likeness (QED) is 0.776. The van der Waals surface area contributed by atoms with E-state index in [1.807, 2.05) is 0 Å². The molecule has 2 aliphatic heterocycles. The number of ether oxygens (including phenoxy) is 3. The number of methoxy groups -OCH3 is 1. The Hall–Kier alpha value is -0.860. The molecule has 1 aromatic carbocycles. The SMILES string of the molecule is COc1cccc2c1C1(CN(CCCl)S2(=O)=O)OCCO1. The van der Waals surface area contributed by atoms with Gasteiger partial charge in [0.1, 0.15) is 5.75 Å². The lowest BCUT2D eigenvalue weighted by molar-refractivity contribution is -0.176. The molecule has 0 aromatic heterocycles. The largest absolute Gasteiger partial charge is 0.496 e. The van der Waals surface area contributed by atoms with Crippen molar-refractivity contribution in [3.05, 3.63) is 23.8 Å². The van der Waals surface area contributed by atoms with Crippen LogP contribution in [0.25, 0.3) is 0 Å². The Kier molecular flexibility index (Phi) is 3.87. The van der Waals surface area contributed by atoms with Gasteiger partial charge in [0.15, 0.2) is 0 Å². The smallest absolute Gasteiger partial charge is 0.243 e. The van der Waals surface area contributed by atoms with Gasteiger partial charge in [0.05, 0.1) is 37.3 Å². The average Bonchev–Trinajstić information content (AvgIpc) is 2.94. The van der Waals surface area contributed by atoms with Gasteiger partial charge in [-0.2, -0.15) is 4.31 Å². The van der Waals surface area contributed by atoms with E-state index in [0.717, 1.165) is 0 Å². The summed E-state index contributed by atoms with van der Waals surface area (Å²) in [5.41, 5.74) is 0.441. The van der Waals surface area contributed by atoms with Gasteiger partial charge >= 0.3 is 0 Å². The van der Waals surface area contributed by atoms with Crippen LogP contribution in [-0.2, 0) is 25.3 Å². The topological polar surface area (TPSA) is 65.1 Å². The number of sulfonamides is 1. The fraction of sp³-hybridized carbons (Fsp3) is 0.538. The van der Waals surface area contributed by atoms with Gasteiger partial charge in [0.25, 0.3) is 0 Å². The molecule has 0 aliphatic carbocycles. The van der Waals surface area contributed by atoms with Crippen LogP contribution in [-0.4, -0.2) is 52.0 Å². The van der Waals surface area contributed by atoms with E-state index >= 15 is 0 Å². The van der Waals surface area contributed by atoms with E-state index in [-0.39, 0.29) is 23.9 Å². The summed E-state index contributed by atoms with van der Waals surface area (Å²) in [6.07, 6.45) is 0. The first-order chi connectivity index (χ1) is 10.0. The van der Waals surface area contributed by atoms with Crippen LogP contribution in [0.1, 0.15) is 5.56 Å². The Morgan fingerprint density at radius 2 is 2.10 bits per heavy atom. The van der Waals surface area contributed by atoms with Crippen LogP contribution in [0, 0.1) is 0 Å². The van der Waals surface area contributed by atoms with E-state index < -0.39 is 15.8 Å². The van der Waals surface area contributed by atoms with Crippen molar-refractivity contribution in [3.8, 4) is 5.75 Å². The molecule has 1 fully saturated rings. The van der Waals surface area contributed by atoms with Crippen LogP contribution in [0.3, 0.4) is 0 Å². The number of hydrogen-bond donors (Lipinski definition) is 0. The fourth-order valence-electron chi connectivity index (χ4n) is 2.79. The predicted octanol–water partition coefficient (Wildman–Crippen LogP) is 1.14. The molecule has 1 spiro atoms.